The van der Waals surface area contributed by atoms with Crippen molar-refractivity contribution in [2.24, 2.45) is 0 Å². The number of carbonyl (C=O) groups is 1. The van der Waals surface area contributed by atoms with Gasteiger partial charge in [0.15, 0.2) is 11.5 Å². The molecule has 0 aliphatic carbocycles. The Kier molecular flexibility index (Phi) is 9.01. The maximum absolute atomic E-state index is 10.4. The van der Waals surface area contributed by atoms with Crippen LogP contribution in [0.1, 0.15) is 15.9 Å². The number of benzene rings is 2. The van der Waals surface area contributed by atoms with E-state index in [1.165, 1.54) is 12.7 Å². The predicted octanol–water partition coefficient (Wildman–Crippen LogP) is 2.97. The lowest BCUT2D eigenvalue weighted by molar-refractivity contribution is 0.112. The molecule has 1 N–H and O–H groups in total. The zero-order valence-electron chi connectivity index (χ0n) is 14.7. The number of carbonyl (C=O) groups excluding carboxylic acids is 1. The molecular formula is C19H25NO4. The monoisotopic (exact) mass is 331 g/mol. The van der Waals surface area contributed by atoms with Crippen molar-refractivity contribution >= 4 is 6.29 Å². The Morgan fingerprint density at radius 3 is 2.08 bits per heavy atom. The molecule has 0 aliphatic rings. The normalized spacial score (nSPS) is 9.50. The average Bonchev–Trinajstić information content (AvgIpc) is 2.66. The van der Waals surface area contributed by atoms with Crippen molar-refractivity contribution in [1.82, 2.24) is 5.32 Å². The highest BCUT2D eigenvalue weighted by molar-refractivity contribution is 5.76. The third-order valence-corrected chi connectivity index (χ3v) is 3.37. The van der Waals surface area contributed by atoms with E-state index >= 15 is 0 Å². The molecule has 0 amide bonds. The molecule has 2 aromatic carbocycles. The molecule has 5 heteroatoms. The van der Waals surface area contributed by atoms with Gasteiger partial charge in [0, 0.05) is 5.56 Å². The second kappa shape index (κ2) is 11.1. The molecule has 5 nitrogen and oxygen atoms in total. The first kappa shape index (κ1) is 19.5. The fourth-order valence-electron chi connectivity index (χ4n) is 1.99. The molecule has 0 atom stereocenters. The average molecular weight is 331 g/mol. The minimum absolute atomic E-state index is 0.571. The van der Waals surface area contributed by atoms with Crippen LogP contribution in [0.5, 0.6) is 17.2 Å². The lowest BCUT2D eigenvalue weighted by Gasteiger charge is -2.06. The number of ether oxygens (including phenoxy) is 3. The van der Waals surface area contributed by atoms with Gasteiger partial charge in [0.25, 0.3) is 0 Å². The Labute approximate surface area is 143 Å². The Bertz CT molecular complexity index is 611. The van der Waals surface area contributed by atoms with E-state index in [-0.39, 0.29) is 0 Å². The third kappa shape index (κ3) is 6.30. The summed E-state index contributed by atoms with van der Waals surface area (Å²) in [6.07, 6.45) is 1.84. The van der Waals surface area contributed by atoms with Gasteiger partial charge in [0.1, 0.15) is 12.0 Å². The van der Waals surface area contributed by atoms with Crippen molar-refractivity contribution in [2.75, 3.05) is 34.9 Å². The highest BCUT2D eigenvalue weighted by Crippen LogP contribution is 2.26. The summed E-state index contributed by atoms with van der Waals surface area (Å²) in [5.74, 6) is 2.12. The number of nitrogens with one attached hydrogen (secondary N) is 1. The molecule has 2 rings (SSSR count). The second-order valence-corrected chi connectivity index (χ2v) is 4.93. The lowest BCUT2D eigenvalue weighted by Crippen LogP contribution is -2.10. The Morgan fingerprint density at radius 2 is 1.58 bits per heavy atom. The van der Waals surface area contributed by atoms with Crippen molar-refractivity contribution < 1.29 is 19.0 Å². The van der Waals surface area contributed by atoms with Crippen molar-refractivity contribution in [3.63, 3.8) is 0 Å². The molecule has 0 bridgehead atoms. The summed E-state index contributed by atoms with van der Waals surface area (Å²) in [7, 11) is 6.73. The molecule has 0 heterocycles. The largest absolute Gasteiger partial charge is 0.497 e. The highest BCUT2D eigenvalue weighted by Gasteiger charge is 2.02. The molecule has 0 aliphatic heterocycles. The van der Waals surface area contributed by atoms with Crippen molar-refractivity contribution in [3.8, 4) is 17.2 Å². The van der Waals surface area contributed by atoms with E-state index in [1.54, 1.807) is 32.4 Å². The molecule has 0 fully saturated rings. The fourth-order valence-corrected chi connectivity index (χ4v) is 1.99. The first-order chi connectivity index (χ1) is 11.7. The van der Waals surface area contributed by atoms with Gasteiger partial charge in [-0.05, 0) is 55.9 Å². The topological polar surface area (TPSA) is 56.8 Å². The third-order valence-electron chi connectivity index (χ3n) is 3.37. The van der Waals surface area contributed by atoms with E-state index in [9.17, 15) is 4.79 Å². The minimum atomic E-state index is 0.571. The Hall–Kier alpha value is -2.53. The summed E-state index contributed by atoms with van der Waals surface area (Å²) in [4.78, 5) is 10.4. The van der Waals surface area contributed by atoms with Crippen molar-refractivity contribution in [1.29, 1.82) is 0 Å². The Morgan fingerprint density at radius 1 is 0.917 bits per heavy atom. The van der Waals surface area contributed by atoms with E-state index in [0.717, 1.165) is 25.0 Å². The SMILES string of the molecule is CNCCc1ccc(OC)cc1.COc1ccc(C=O)cc1OC. The summed E-state index contributed by atoms with van der Waals surface area (Å²) in [5.41, 5.74) is 1.91. The maximum atomic E-state index is 10.4. The van der Waals surface area contributed by atoms with Crippen LogP contribution in [0.3, 0.4) is 0 Å². The van der Waals surface area contributed by atoms with Crippen LogP contribution in [0, 0.1) is 0 Å². The molecule has 2 aromatic rings. The van der Waals surface area contributed by atoms with Gasteiger partial charge in [-0.3, -0.25) is 4.79 Å². The Balaban J connectivity index is 0.000000240. The molecule has 0 saturated carbocycles. The fraction of sp³-hybridized carbons (Fsp3) is 0.316. The summed E-state index contributed by atoms with van der Waals surface area (Å²) in [5, 5.41) is 3.11. The van der Waals surface area contributed by atoms with Gasteiger partial charge in [-0.2, -0.15) is 0 Å². The zero-order valence-corrected chi connectivity index (χ0v) is 14.7. The van der Waals surface area contributed by atoms with E-state index in [0.29, 0.717) is 17.1 Å². The van der Waals surface area contributed by atoms with Crippen LogP contribution >= 0.6 is 0 Å². The van der Waals surface area contributed by atoms with Crippen LogP contribution in [-0.2, 0) is 6.42 Å². The van der Waals surface area contributed by atoms with Gasteiger partial charge in [-0.25, -0.2) is 0 Å². The van der Waals surface area contributed by atoms with Gasteiger partial charge in [-0.15, -0.1) is 0 Å². The second-order valence-electron chi connectivity index (χ2n) is 4.93. The molecule has 0 saturated heterocycles. The molecule has 130 valence electrons. The highest BCUT2D eigenvalue weighted by atomic mass is 16.5. The molecule has 0 radical (unpaired) electrons. The minimum Gasteiger partial charge on any atom is -0.497 e. The number of rotatable bonds is 7. The van der Waals surface area contributed by atoms with Crippen LogP contribution in [0.25, 0.3) is 0 Å². The summed E-state index contributed by atoms with van der Waals surface area (Å²) >= 11 is 0. The van der Waals surface area contributed by atoms with E-state index < -0.39 is 0 Å². The predicted molar refractivity (Wildman–Crippen MR) is 95.6 cm³/mol. The molecule has 0 aromatic heterocycles. The molecule has 0 spiro atoms. The van der Waals surface area contributed by atoms with Gasteiger partial charge < -0.3 is 19.5 Å². The standard InChI is InChI=1S/C10H15NO.C9H10O3/c1-11-8-7-9-3-5-10(12-2)6-4-9;1-11-8-4-3-7(6-10)5-9(8)12-2/h3-6,11H,7-8H2,1-2H3;3-6H,1-2H3. The van der Waals surface area contributed by atoms with Gasteiger partial charge in [0.05, 0.1) is 21.3 Å². The van der Waals surface area contributed by atoms with Crippen molar-refractivity contribution in [2.45, 2.75) is 6.42 Å². The smallest absolute Gasteiger partial charge is 0.161 e. The van der Waals surface area contributed by atoms with Crippen LogP contribution in [0.4, 0.5) is 0 Å². The van der Waals surface area contributed by atoms with Crippen LogP contribution in [-0.4, -0.2) is 41.2 Å². The van der Waals surface area contributed by atoms with Crippen LogP contribution in [0.15, 0.2) is 42.5 Å². The lowest BCUT2D eigenvalue weighted by atomic mass is 10.1. The number of aldehydes is 1. The zero-order chi connectivity index (χ0) is 17.8. The van der Waals surface area contributed by atoms with E-state index in [1.807, 2.05) is 19.2 Å². The number of likely N-dealkylation sites (N-methyl/N-ethyl adjacent to an activating group) is 1. The summed E-state index contributed by atoms with van der Waals surface area (Å²) in [6.45, 7) is 1.02. The number of hydrogen-bond donors (Lipinski definition) is 1. The quantitative estimate of drug-likeness (QED) is 0.791. The van der Waals surface area contributed by atoms with E-state index in [2.05, 4.69) is 17.4 Å². The first-order valence-electron chi connectivity index (χ1n) is 7.63. The molecular weight excluding hydrogens is 306 g/mol. The van der Waals surface area contributed by atoms with Gasteiger partial charge >= 0.3 is 0 Å². The van der Waals surface area contributed by atoms with Gasteiger partial charge in [-0.1, -0.05) is 12.1 Å². The van der Waals surface area contributed by atoms with Crippen LogP contribution < -0.4 is 19.5 Å². The van der Waals surface area contributed by atoms with Crippen molar-refractivity contribution in [3.05, 3.63) is 53.6 Å². The summed E-state index contributed by atoms with van der Waals surface area (Å²) < 4.78 is 15.0. The maximum Gasteiger partial charge on any atom is 0.161 e. The van der Waals surface area contributed by atoms with Crippen LogP contribution in [0.2, 0.25) is 0 Å². The molecule has 24 heavy (non-hydrogen) atoms. The van der Waals surface area contributed by atoms with E-state index in [4.69, 9.17) is 14.2 Å². The summed E-state index contributed by atoms with van der Waals surface area (Å²) in [6, 6.07) is 13.2. The number of hydrogen-bond acceptors (Lipinski definition) is 5. The number of methoxy groups -OCH3 is 3. The first-order valence-corrected chi connectivity index (χ1v) is 7.63. The molecule has 0 unspecified atom stereocenters. The van der Waals surface area contributed by atoms with Gasteiger partial charge in [0.2, 0.25) is 0 Å².